The minimum Gasteiger partial charge on any atom is -0.377 e. The van der Waals surface area contributed by atoms with E-state index in [9.17, 15) is 9.59 Å². The summed E-state index contributed by atoms with van der Waals surface area (Å²) in [7, 11) is 1.78. The van der Waals surface area contributed by atoms with Crippen LogP contribution in [-0.2, 0) is 14.3 Å². The SMILES string of the molecule is CN=C(NCCN1C(=O)C2C3C=CC(C3)C2C1=O)NC1C2CCOC2C12CCC2. The van der Waals surface area contributed by atoms with Gasteiger partial charge in [-0.05, 0) is 37.5 Å². The van der Waals surface area contributed by atoms with Crippen molar-refractivity contribution in [1.29, 1.82) is 0 Å². The molecule has 3 saturated carbocycles. The molecule has 1 spiro atoms. The number of aliphatic imine (C=N–C) groups is 1. The van der Waals surface area contributed by atoms with E-state index >= 15 is 0 Å². The van der Waals surface area contributed by atoms with Gasteiger partial charge in [-0.2, -0.15) is 0 Å². The maximum absolute atomic E-state index is 12.8. The Morgan fingerprint density at radius 1 is 1.24 bits per heavy atom. The average Bonchev–Trinajstić information content (AvgIpc) is 3.43. The van der Waals surface area contributed by atoms with E-state index in [0.717, 1.165) is 25.4 Å². The van der Waals surface area contributed by atoms with E-state index in [4.69, 9.17) is 4.74 Å². The van der Waals surface area contributed by atoms with Crippen LogP contribution in [0.4, 0.5) is 0 Å². The zero-order valence-electron chi connectivity index (χ0n) is 17.0. The highest BCUT2D eigenvalue weighted by Crippen LogP contribution is 2.62. The molecule has 7 atom stereocenters. The zero-order chi connectivity index (χ0) is 19.8. The number of fused-ring (bicyclic) bond motifs is 7. The Bertz CT molecular complexity index is 774. The smallest absolute Gasteiger partial charge is 0.233 e. The van der Waals surface area contributed by atoms with Crippen LogP contribution in [0, 0.1) is 35.0 Å². The molecule has 0 aromatic carbocycles. The number of imide groups is 1. The third-order valence-corrected chi connectivity index (χ3v) is 8.74. The van der Waals surface area contributed by atoms with Crippen molar-refractivity contribution in [2.24, 2.45) is 40.0 Å². The summed E-state index contributed by atoms with van der Waals surface area (Å²) in [5, 5.41) is 6.98. The first kappa shape index (κ1) is 17.9. The third kappa shape index (κ3) is 2.31. The minimum absolute atomic E-state index is 0.0277. The maximum Gasteiger partial charge on any atom is 0.233 e. The molecule has 29 heavy (non-hydrogen) atoms. The number of amides is 2. The number of ether oxygens (including phenoxy) is 1. The summed E-state index contributed by atoms with van der Waals surface area (Å²) >= 11 is 0. The van der Waals surface area contributed by atoms with Gasteiger partial charge in [-0.1, -0.05) is 18.6 Å². The number of guanidine groups is 1. The van der Waals surface area contributed by atoms with Crippen molar-refractivity contribution >= 4 is 17.8 Å². The van der Waals surface area contributed by atoms with E-state index in [-0.39, 0.29) is 35.5 Å². The highest BCUT2D eigenvalue weighted by Gasteiger charge is 2.66. The lowest BCUT2D eigenvalue weighted by molar-refractivity contribution is -0.171. The first-order valence-corrected chi connectivity index (χ1v) is 11.3. The van der Waals surface area contributed by atoms with E-state index in [0.29, 0.717) is 36.6 Å². The summed E-state index contributed by atoms with van der Waals surface area (Å²) in [5.74, 6) is 1.73. The largest absolute Gasteiger partial charge is 0.377 e. The van der Waals surface area contributed by atoms with Crippen LogP contribution in [0.1, 0.15) is 32.1 Å². The van der Waals surface area contributed by atoms with Gasteiger partial charge >= 0.3 is 0 Å². The number of rotatable bonds is 4. The van der Waals surface area contributed by atoms with E-state index in [1.165, 1.54) is 24.2 Å². The maximum atomic E-state index is 12.8. The minimum atomic E-state index is -0.109. The number of carbonyl (C=O) groups is 2. The molecule has 5 fully saturated rings. The Morgan fingerprint density at radius 3 is 2.59 bits per heavy atom. The van der Waals surface area contributed by atoms with Gasteiger partial charge in [0, 0.05) is 44.1 Å². The Hall–Kier alpha value is -1.89. The lowest BCUT2D eigenvalue weighted by Crippen LogP contribution is -2.72. The first-order chi connectivity index (χ1) is 14.1. The fourth-order valence-corrected chi connectivity index (χ4v) is 7.27. The summed E-state index contributed by atoms with van der Waals surface area (Å²) in [5.41, 5.74) is 0.295. The van der Waals surface area contributed by atoms with Gasteiger partial charge in [-0.3, -0.25) is 19.5 Å². The van der Waals surface area contributed by atoms with Crippen LogP contribution in [0.5, 0.6) is 0 Å². The molecule has 156 valence electrons. The molecule has 7 nitrogen and oxygen atoms in total. The topological polar surface area (TPSA) is 83.0 Å². The van der Waals surface area contributed by atoms with E-state index in [1.54, 1.807) is 7.05 Å². The van der Waals surface area contributed by atoms with Gasteiger partial charge in [0.25, 0.3) is 0 Å². The van der Waals surface area contributed by atoms with Crippen LogP contribution < -0.4 is 10.6 Å². The molecule has 6 aliphatic rings. The average molecular weight is 399 g/mol. The summed E-state index contributed by atoms with van der Waals surface area (Å²) in [6, 6.07) is 0.422. The zero-order valence-corrected chi connectivity index (χ0v) is 17.0. The van der Waals surface area contributed by atoms with Gasteiger partial charge < -0.3 is 15.4 Å². The Kier molecular flexibility index (Phi) is 3.90. The lowest BCUT2D eigenvalue weighted by Gasteiger charge is -2.63. The highest BCUT2D eigenvalue weighted by atomic mass is 16.5. The monoisotopic (exact) mass is 398 g/mol. The quantitative estimate of drug-likeness (QED) is 0.318. The highest BCUT2D eigenvalue weighted by molar-refractivity contribution is 6.06. The van der Waals surface area contributed by atoms with Gasteiger partial charge in [0.1, 0.15) is 0 Å². The van der Waals surface area contributed by atoms with Crippen LogP contribution in [0.2, 0.25) is 0 Å². The van der Waals surface area contributed by atoms with Crippen LogP contribution in [0.3, 0.4) is 0 Å². The van der Waals surface area contributed by atoms with E-state index in [2.05, 4.69) is 27.8 Å². The number of hydrogen-bond donors (Lipinski definition) is 2. The van der Waals surface area contributed by atoms with Crippen molar-refractivity contribution in [2.75, 3.05) is 26.7 Å². The Balaban J connectivity index is 1.05. The molecule has 2 N–H and O–H groups in total. The molecule has 6 rings (SSSR count). The fraction of sp³-hybridized carbons (Fsp3) is 0.773. The molecule has 0 radical (unpaired) electrons. The molecule has 2 bridgehead atoms. The van der Waals surface area contributed by atoms with Gasteiger partial charge in [0.2, 0.25) is 11.8 Å². The van der Waals surface area contributed by atoms with Crippen molar-refractivity contribution < 1.29 is 14.3 Å². The summed E-state index contributed by atoms with van der Waals surface area (Å²) in [6.45, 7) is 1.82. The summed E-state index contributed by atoms with van der Waals surface area (Å²) in [4.78, 5) is 31.5. The molecule has 2 heterocycles. The second-order valence-electron chi connectivity index (χ2n) is 9.78. The first-order valence-electron chi connectivity index (χ1n) is 11.3. The van der Waals surface area contributed by atoms with E-state index in [1.807, 2.05) is 0 Å². The molecule has 0 aromatic rings. The predicted octanol–water partition coefficient (Wildman–Crippen LogP) is 0.916. The molecule has 2 amide bonds. The lowest BCUT2D eigenvalue weighted by atomic mass is 9.46. The number of nitrogens with zero attached hydrogens (tertiary/aromatic N) is 2. The predicted molar refractivity (Wildman–Crippen MR) is 107 cm³/mol. The molecular formula is C22H30N4O3. The molecule has 2 saturated heterocycles. The number of likely N-dealkylation sites (tertiary alicyclic amines) is 1. The molecule has 4 aliphatic carbocycles. The molecule has 7 heteroatoms. The standard InChI is InChI=1S/C22H30N4O3/c1-23-21(25-17-14-5-10-29-18(14)22(17)6-2-7-22)24-8-9-26-19(27)15-12-3-4-13(11-12)16(15)20(26)28/h3-4,12-18H,2,5-11H2,1H3,(H2,23,24,25). The van der Waals surface area contributed by atoms with Crippen molar-refractivity contribution in [3.05, 3.63) is 12.2 Å². The number of allylic oxidation sites excluding steroid dienone is 2. The fourth-order valence-electron chi connectivity index (χ4n) is 7.27. The van der Waals surface area contributed by atoms with Crippen LogP contribution in [0.15, 0.2) is 17.1 Å². The summed E-state index contributed by atoms with van der Waals surface area (Å²) < 4.78 is 6.00. The van der Waals surface area contributed by atoms with Crippen LogP contribution in [-0.4, -0.2) is 61.6 Å². The molecule has 7 unspecified atom stereocenters. The van der Waals surface area contributed by atoms with Gasteiger partial charge in [-0.25, -0.2) is 0 Å². The third-order valence-electron chi connectivity index (χ3n) is 8.74. The second-order valence-corrected chi connectivity index (χ2v) is 9.78. The molecule has 0 aromatic heterocycles. The second kappa shape index (κ2) is 6.30. The Labute approximate surface area is 171 Å². The van der Waals surface area contributed by atoms with Gasteiger partial charge in [0.05, 0.1) is 17.9 Å². The Morgan fingerprint density at radius 2 is 1.97 bits per heavy atom. The number of nitrogens with one attached hydrogen (secondary N) is 2. The number of hydrogen-bond acceptors (Lipinski definition) is 4. The van der Waals surface area contributed by atoms with Gasteiger partial charge in [-0.15, -0.1) is 0 Å². The van der Waals surface area contributed by atoms with Crippen molar-refractivity contribution in [3.63, 3.8) is 0 Å². The normalized spacial score (nSPS) is 43.4. The van der Waals surface area contributed by atoms with Crippen LogP contribution in [0.25, 0.3) is 0 Å². The van der Waals surface area contributed by atoms with Crippen molar-refractivity contribution in [2.45, 2.75) is 44.2 Å². The summed E-state index contributed by atoms with van der Waals surface area (Å²) in [6.07, 6.45) is 10.6. The number of carbonyl (C=O) groups excluding carboxylic acids is 2. The van der Waals surface area contributed by atoms with Crippen molar-refractivity contribution in [1.82, 2.24) is 15.5 Å². The van der Waals surface area contributed by atoms with Crippen LogP contribution >= 0.6 is 0 Å². The van der Waals surface area contributed by atoms with Crippen molar-refractivity contribution in [3.8, 4) is 0 Å². The molecule has 2 aliphatic heterocycles. The van der Waals surface area contributed by atoms with E-state index < -0.39 is 0 Å². The van der Waals surface area contributed by atoms with Gasteiger partial charge in [0.15, 0.2) is 5.96 Å². The molecular weight excluding hydrogens is 368 g/mol.